The molecule has 144 valence electrons. The summed E-state index contributed by atoms with van der Waals surface area (Å²) in [5, 5.41) is 2.93. The highest BCUT2D eigenvalue weighted by molar-refractivity contribution is 5.94. The van der Waals surface area contributed by atoms with E-state index in [-0.39, 0.29) is 24.4 Å². The Balaban J connectivity index is 0.00000243. The number of nitrogens with two attached hydrogens (primary N) is 1. The first kappa shape index (κ1) is 20.6. The molecular formula is C18H27ClN4O3. The molecule has 1 aliphatic rings. The Labute approximate surface area is 159 Å². The lowest BCUT2D eigenvalue weighted by molar-refractivity contribution is -0.126. The summed E-state index contributed by atoms with van der Waals surface area (Å²) in [6.07, 6.45) is 1.88. The van der Waals surface area contributed by atoms with E-state index in [9.17, 15) is 4.79 Å². The third-order valence-corrected chi connectivity index (χ3v) is 4.43. The van der Waals surface area contributed by atoms with Gasteiger partial charge in [-0.3, -0.25) is 10.1 Å². The lowest BCUT2D eigenvalue weighted by atomic mass is 10.2. The number of aromatic nitrogens is 2. The number of rotatable bonds is 8. The number of benzene rings is 1. The van der Waals surface area contributed by atoms with Gasteiger partial charge in [-0.2, -0.15) is 0 Å². The number of carbonyl (C=O) groups excluding carboxylic acids is 1. The van der Waals surface area contributed by atoms with Crippen molar-refractivity contribution in [2.75, 3.05) is 25.1 Å². The minimum atomic E-state index is -0.453. The monoisotopic (exact) mass is 382 g/mol. The van der Waals surface area contributed by atoms with E-state index in [0.29, 0.717) is 32.1 Å². The number of anilines is 1. The summed E-state index contributed by atoms with van der Waals surface area (Å²) >= 11 is 0. The molecule has 1 amide bonds. The molecule has 26 heavy (non-hydrogen) atoms. The molecule has 0 bridgehead atoms. The number of nitrogens with zero attached hydrogens (tertiary/aromatic N) is 2. The Morgan fingerprint density at radius 1 is 1.42 bits per heavy atom. The van der Waals surface area contributed by atoms with Crippen LogP contribution in [0.15, 0.2) is 24.3 Å². The Bertz CT molecular complexity index is 722. The van der Waals surface area contributed by atoms with Gasteiger partial charge in [-0.1, -0.05) is 12.1 Å². The van der Waals surface area contributed by atoms with Crippen LogP contribution in [0.4, 0.5) is 5.95 Å². The molecule has 0 aliphatic carbocycles. The van der Waals surface area contributed by atoms with E-state index in [1.807, 2.05) is 35.8 Å². The van der Waals surface area contributed by atoms with Crippen LogP contribution in [-0.4, -0.2) is 47.4 Å². The summed E-state index contributed by atoms with van der Waals surface area (Å²) in [4.78, 5) is 17.1. The summed E-state index contributed by atoms with van der Waals surface area (Å²) in [6, 6.07) is 7.87. The van der Waals surface area contributed by atoms with Crippen molar-refractivity contribution in [3.63, 3.8) is 0 Å². The zero-order chi connectivity index (χ0) is 17.6. The lowest BCUT2D eigenvalue weighted by Gasteiger charge is -2.14. The second-order valence-corrected chi connectivity index (χ2v) is 6.18. The summed E-state index contributed by atoms with van der Waals surface area (Å²) < 4.78 is 13.1. The lowest BCUT2D eigenvalue weighted by Crippen LogP contribution is -2.30. The van der Waals surface area contributed by atoms with Gasteiger partial charge in [0, 0.05) is 26.3 Å². The number of halogens is 1. The van der Waals surface area contributed by atoms with Gasteiger partial charge in [-0.25, -0.2) is 4.98 Å². The molecular weight excluding hydrogens is 356 g/mol. The Morgan fingerprint density at radius 3 is 2.96 bits per heavy atom. The van der Waals surface area contributed by atoms with E-state index in [4.69, 9.17) is 15.2 Å². The summed E-state index contributed by atoms with van der Waals surface area (Å²) in [5.74, 6) is 0.403. The summed E-state index contributed by atoms with van der Waals surface area (Å²) in [6.45, 7) is 4.54. The molecule has 3 rings (SSSR count). The molecule has 2 aromatic rings. The number of hydrogen-bond acceptors (Lipinski definition) is 5. The third kappa shape index (κ3) is 4.73. The third-order valence-electron chi connectivity index (χ3n) is 4.43. The van der Waals surface area contributed by atoms with Crippen molar-refractivity contribution in [1.82, 2.24) is 9.55 Å². The molecule has 2 atom stereocenters. The minimum Gasteiger partial charge on any atom is -0.382 e. The first-order chi connectivity index (χ1) is 12.2. The van der Waals surface area contributed by atoms with Gasteiger partial charge in [0.05, 0.1) is 17.1 Å². The fraction of sp³-hybridized carbons (Fsp3) is 0.556. The zero-order valence-corrected chi connectivity index (χ0v) is 15.8. The van der Waals surface area contributed by atoms with Crippen LogP contribution in [0.1, 0.15) is 26.2 Å². The van der Waals surface area contributed by atoms with Gasteiger partial charge in [0.2, 0.25) is 5.95 Å². The Hall–Kier alpha value is -1.67. The molecule has 1 fully saturated rings. The number of nitrogens with one attached hydrogen (secondary N) is 1. The standard InChI is InChI=1S/C18H26N4O3.ClH/c1-2-24-11-5-10-22-15-7-4-3-6-14(15)20-18(22)21-17(23)16-9-8-13(12-19)25-16;/h3-4,6-7,13,16H,2,5,8-12,19H2,1H3,(H,20,21,23);1H/t13-,16+;/m1./s1. The summed E-state index contributed by atoms with van der Waals surface area (Å²) in [5.41, 5.74) is 7.48. The van der Waals surface area contributed by atoms with Crippen LogP contribution in [0.3, 0.4) is 0 Å². The molecule has 1 aromatic heterocycles. The molecule has 1 aliphatic heterocycles. The van der Waals surface area contributed by atoms with E-state index in [2.05, 4.69) is 10.3 Å². The predicted molar refractivity (Wildman–Crippen MR) is 104 cm³/mol. The number of imidazole rings is 1. The molecule has 0 saturated carbocycles. The predicted octanol–water partition coefficient (Wildman–Crippen LogP) is 2.33. The number of ether oxygens (including phenoxy) is 2. The summed E-state index contributed by atoms with van der Waals surface area (Å²) in [7, 11) is 0. The van der Waals surface area contributed by atoms with Crippen molar-refractivity contribution in [2.24, 2.45) is 5.73 Å². The molecule has 1 aromatic carbocycles. The van der Waals surface area contributed by atoms with Crippen molar-refractivity contribution in [1.29, 1.82) is 0 Å². The second-order valence-electron chi connectivity index (χ2n) is 6.18. The van der Waals surface area contributed by atoms with Gasteiger partial charge < -0.3 is 19.8 Å². The maximum Gasteiger partial charge on any atom is 0.255 e. The van der Waals surface area contributed by atoms with Crippen LogP contribution in [-0.2, 0) is 20.8 Å². The number of carbonyl (C=O) groups is 1. The molecule has 7 nitrogen and oxygen atoms in total. The fourth-order valence-corrected chi connectivity index (χ4v) is 3.13. The number of fused-ring (bicyclic) bond motifs is 1. The highest BCUT2D eigenvalue weighted by Gasteiger charge is 2.30. The highest BCUT2D eigenvalue weighted by atomic mass is 35.5. The van der Waals surface area contributed by atoms with Crippen LogP contribution in [0.25, 0.3) is 11.0 Å². The van der Waals surface area contributed by atoms with Crippen LogP contribution < -0.4 is 11.1 Å². The number of aryl methyl sites for hydroxylation is 1. The number of para-hydroxylation sites is 2. The second kappa shape index (κ2) is 9.87. The van der Waals surface area contributed by atoms with Crippen molar-refractivity contribution >= 4 is 35.3 Å². The normalized spacial score (nSPS) is 19.5. The van der Waals surface area contributed by atoms with Crippen molar-refractivity contribution in [3.05, 3.63) is 24.3 Å². The van der Waals surface area contributed by atoms with Crippen molar-refractivity contribution < 1.29 is 14.3 Å². The largest absolute Gasteiger partial charge is 0.382 e. The zero-order valence-electron chi connectivity index (χ0n) is 15.0. The van der Waals surface area contributed by atoms with E-state index in [1.165, 1.54) is 0 Å². The van der Waals surface area contributed by atoms with Crippen LogP contribution in [0.5, 0.6) is 0 Å². The first-order valence-electron chi connectivity index (χ1n) is 8.92. The van der Waals surface area contributed by atoms with Gasteiger partial charge in [-0.05, 0) is 38.3 Å². The van der Waals surface area contributed by atoms with Gasteiger partial charge in [0.15, 0.2) is 0 Å². The van der Waals surface area contributed by atoms with E-state index < -0.39 is 6.10 Å². The molecule has 2 heterocycles. The van der Waals surface area contributed by atoms with Gasteiger partial charge in [-0.15, -0.1) is 12.4 Å². The van der Waals surface area contributed by atoms with E-state index >= 15 is 0 Å². The molecule has 8 heteroatoms. The number of hydrogen-bond donors (Lipinski definition) is 2. The average Bonchev–Trinajstić information content (AvgIpc) is 3.23. The van der Waals surface area contributed by atoms with Crippen molar-refractivity contribution in [3.8, 4) is 0 Å². The van der Waals surface area contributed by atoms with Gasteiger partial charge in [0.1, 0.15) is 6.10 Å². The maximum atomic E-state index is 12.5. The number of amides is 1. The van der Waals surface area contributed by atoms with Crippen molar-refractivity contribution in [2.45, 2.75) is 44.9 Å². The molecule has 3 N–H and O–H groups in total. The quantitative estimate of drug-likeness (QED) is 0.684. The molecule has 0 spiro atoms. The molecule has 0 unspecified atom stereocenters. The molecule has 0 radical (unpaired) electrons. The topological polar surface area (TPSA) is 91.4 Å². The smallest absolute Gasteiger partial charge is 0.255 e. The maximum absolute atomic E-state index is 12.5. The molecule has 1 saturated heterocycles. The Morgan fingerprint density at radius 2 is 2.23 bits per heavy atom. The highest BCUT2D eigenvalue weighted by Crippen LogP contribution is 2.23. The van der Waals surface area contributed by atoms with Crippen LogP contribution in [0.2, 0.25) is 0 Å². The average molecular weight is 383 g/mol. The van der Waals surface area contributed by atoms with Gasteiger partial charge in [0.25, 0.3) is 5.91 Å². The van der Waals surface area contributed by atoms with Gasteiger partial charge >= 0.3 is 0 Å². The minimum absolute atomic E-state index is 0. The van der Waals surface area contributed by atoms with E-state index in [0.717, 1.165) is 30.4 Å². The Kier molecular flexibility index (Phi) is 7.84. The fourth-order valence-electron chi connectivity index (χ4n) is 3.13. The van der Waals surface area contributed by atoms with Crippen LogP contribution >= 0.6 is 12.4 Å². The SMILES string of the molecule is CCOCCCn1c(NC(=O)[C@@H]2CC[C@H](CN)O2)nc2ccccc21.Cl. The van der Waals surface area contributed by atoms with E-state index in [1.54, 1.807) is 0 Å². The first-order valence-corrected chi connectivity index (χ1v) is 8.92. The van der Waals surface area contributed by atoms with Crippen LogP contribution in [0, 0.1) is 0 Å².